The number of amides is 1. The summed E-state index contributed by atoms with van der Waals surface area (Å²) in [7, 11) is 0. The number of carboxylic acid groups (broad SMARTS) is 1. The number of likely N-dealkylation sites (tertiary alicyclic amines) is 1. The summed E-state index contributed by atoms with van der Waals surface area (Å²) in [6, 6.07) is 4.97. The Morgan fingerprint density at radius 2 is 2.08 bits per heavy atom. The molecule has 0 radical (unpaired) electrons. The Balaban J connectivity index is 1.63. The van der Waals surface area contributed by atoms with E-state index in [1.807, 2.05) is 20.8 Å². The Morgan fingerprint density at radius 1 is 1.38 bits per heavy atom. The van der Waals surface area contributed by atoms with Gasteiger partial charge in [0.25, 0.3) is 6.01 Å². The molecule has 1 fully saturated rings. The second-order valence-corrected chi connectivity index (χ2v) is 6.70. The van der Waals surface area contributed by atoms with Crippen LogP contribution < -0.4 is 5.32 Å². The number of oxazole rings is 1. The van der Waals surface area contributed by atoms with Gasteiger partial charge >= 0.3 is 12.1 Å². The van der Waals surface area contributed by atoms with Gasteiger partial charge in [-0.1, -0.05) is 6.07 Å². The molecule has 8 nitrogen and oxygen atoms in total. The van der Waals surface area contributed by atoms with Crippen LogP contribution in [0.4, 0.5) is 10.8 Å². The summed E-state index contributed by atoms with van der Waals surface area (Å²) >= 11 is 0. The van der Waals surface area contributed by atoms with Crippen LogP contribution in [0, 0.1) is 0 Å². The lowest BCUT2D eigenvalue weighted by Gasteiger charge is -2.39. The monoisotopic (exact) mass is 333 g/mol. The molecule has 0 aliphatic carbocycles. The number of hydrogen-bond acceptors (Lipinski definition) is 6. The molecule has 2 N–H and O–H groups in total. The van der Waals surface area contributed by atoms with Gasteiger partial charge in [-0.3, -0.25) is 0 Å². The molecule has 0 atom stereocenters. The number of carbonyl (C=O) groups is 2. The predicted molar refractivity (Wildman–Crippen MR) is 86.2 cm³/mol. The summed E-state index contributed by atoms with van der Waals surface area (Å²) in [4.78, 5) is 28.8. The minimum Gasteiger partial charge on any atom is -0.478 e. The van der Waals surface area contributed by atoms with Crippen LogP contribution in [0.15, 0.2) is 22.6 Å². The summed E-state index contributed by atoms with van der Waals surface area (Å²) in [5, 5.41) is 12.2. The Labute approximate surface area is 138 Å². The highest BCUT2D eigenvalue weighted by molar-refractivity contribution is 6.00. The quantitative estimate of drug-likeness (QED) is 0.889. The molecule has 0 bridgehead atoms. The van der Waals surface area contributed by atoms with Crippen LogP contribution >= 0.6 is 0 Å². The number of ether oxygens (including phenoxy) is 1. The molecule has 2 heterocycles. The highest BCUT2D eigenvalue weighted by Crippen LogP contribution is 2.24. The van der Waals surface area contributed by atoms with Gasteiger partial charge in [-0.15, -0.1) is 0 Å². The molecule has 2 aromatic rings. The maximum Gasteiger partial charge on any atom is 0.410 e. The summed E-state index contributed by atoms with van der Waals surface area (Å²) in [5.74, 6) is -1.06. The van der Waals surface area contributed by atoms with E-state index in [1.54, 1.807) is 17.0 Å². The van der Waals surface area contributed by atoms with E-state index in [0.717, 1.165) is 0 Å². The van der Waals surface area contributed by atoms with Crippen LogP contribution in [-0.2, 0) is 4.74 Å². The van der Waals surface area contributed by atoms with Gasteiger partial charge in [0, 0.05) is 13.1 Å². The maximum atomic E-state index is 11.9. The van der Waals surface area contributed by atoms with Crippen molar-refractivity contribution in [1.82, 2.24) is 9.88 Å². The van der Waals surface area contributed by atoms with Gasteiger partial charge in [0.05, 0.1) is 11.6 Å². The maximum absolute atomic E-state index is 11.9. The van der Waals surface area contributed by atoms with E-state index in [-0.39, 0.29) is 23.7 Å². The minimum absolute atomic E-state index is 0.0149. The van der Waals surface area contributed by atoms with Gasteiger partial charge in [-0.05, 0) is 32.9 Å². The van der Waals surface area contributed by atoms with E-state index in [4.69, 9.17) is 14.3 Å². The molecule has 0 spiro atoms. The molecular weight excluding hydrogens is 314 g/mol. The lowest BCUT2D eigenvalue weighted by atomic mass is 10.1. The van der Waals surface area contributed by atoms with Crippen molar-refractivity contribution >= 4 is 29.2 Å². The third kappa shape index (κ3) is 3.27. The Morgan fingerprint density at radius 3 is 2.71 bits per heavy atom. The molecule has 24 heavy (non-hydrogen) atoms. The molecule has 128 valence electrons. The molecule has 0 saturated carbocycles. The number of hydrogen-bond donors (Lipinski definition) is 2. The van der Waals surface area contributed by atoms with E-state index in [9.17, 15) is 9.59 Å². The second-order valence-electron chi connectivity index (χ2n) is 6.70. The van der Waals surface area contributed by atoms with E-state index < -0.39 is 11.6 Å². The highest BCUT2D eigenvalue weighted by Gasteiger charge is 2.34. The van der Waals surface area contributed by atoms with Crippen molar-refractivity contribution in [3.05, 3.63) is 23.8 Å². The smallest absolute Gasteiger partial charge is 0.410 e. The van der Waals surface area contributed by atoms with E-state index in [1.165, 1.54) is 6.07 Å². The number of carboxylic acids is 1. The van der Waals surface area contributed by atoms with Crippen molar-refractivity contribution in [2.75, 3.05) is 18.4 Å². The zero-order chi connectivity index (χ0) is 17.5. The Hall–Kier alpha value is -2.77. The van der Waals surface area contributed by atoms with Crippen molar-refractivity contribution in [3.8, 4) is 0 Å². The van der Waals surface area contributed by atoms with Crippen molar-refractivity contribution in [3.63, 3.8) is 0 Å². The zero-order valence-corrected chi connectivity index (χ0v) is 13.7. The fourth-order valence-corrected chi connectivity index (χ4v) is 2.40. The number of rotatable bonds is 3. The molecule has 1 aromatic carbocycles. The van der Waals surface area contributed by atoms with E-state index >= 15 is 0 Å². The van der Waals surface area contributed by atoms with Crippen molar-refractivity contribution in [2.24, 2.45) is 0 Å². The fourth-order valence-electron chi connectivity index (χ4n) is 2.40. The average Bonchev–Trinajstić information content (AvgIpc) is 2.82. The molecular formula is C16H19N3O5. The number of nitrogens with one attached hydrogen (secondary N) is 1. The van der Waals surface area contributed by atoms with Gasteiger partial charge in [0.1, 0.15) is 11.1 Å². The van der Waals surface area contributed by atoms with Crippen molar-refractivity contribution in [1.29, 1.82) is 0 Å². The van der Waals surface area contributed by atoms with E-state index in [2.05, 4.69) is 10.3 Å². The molecule has 1 amide bonds. The molecule has 1 aliphatic rings. The van der Waals surface area contributed by atoms with Crippen LogP contribution in [0.1, 0.15) is 31.1 Å². The van der Waals surface area contributed by atoms with Gasteiger partial charge in [0.15, 0.2) is 5.58 Å². The standard InChI is InChI=1S/C16H19N3O5/c1-16(2,3)24-15(22)19-7-9(8-19)17-14-18-12-10(13(20)21)5-4-6-11(12)23-14/h4-6,9H,7-8H2,1-3H3,(H,17,18)(H,20,21). The zero-order valence-electron chi connectivity index (χ0n) is 13.7. The normalized spacial score (nSPS) is 15.2. The van der Waals surface area contributed by atoms with Gasteiger partial charge < -0.3 is 24.5 Å². The van der Waals surface area contributed by atoms with Crippen molar-refractivity contribution in [2.45, 2.75) is 32.4 Å². The first-order valence-corrected chi connectivity index (χ1v) is 7.60. The number of nitrogens with zero attached hydrogens (tertiary/aromatic N) is 2. The lowest BCUT2D eigenvalue weighted by Crippen LogP contribution is -2.57. The highest BCUT2D eigenvalue weighted by atomic mass is 16.6. The molecule has 8 heteroatoms. The lowest BCUT2D eigenvalue weighted by molar-refractivity contribution is 0.0103. The SMILES string of the molecule is CC(C)(C)OC(=O)N1CC(Nc2nc3c(C(=O)O)cccc3o2)C1. The van der Waals surface area contributed by atoms with Crippen LogP contribution in [0.2, 0.25) is 0 Å². The van der Waals surface area contributed by atoms with Crippen LogP contribution in [0.25, 0.3) is 11.1 Å². The summed E-state index contributed by atoms with van der Waals surface area (Å²) < 4.78 is 10.8. The van der Waals surface area contributed by atoms with Crippen LogP contribution in [-0.4, -0.2) is 51.8 Å². The third-order valence-corrected chi connectivity index (χ3v) is 3.51. The number of fused-ring (bicyclic) bond motifs is 1. The Kier molecular flexibility index (Phi) is 3.82. The molecule has 1 aromatic heterocycles. The minimum atomic E-state index is -1.06. The third-order valence-electron chi connectivity index (χ3n) is 3.51. The Bertz CT molecular complexity index is 787. The number of anilines is 1. The number of aromatic nitrogens is 1. The number of benzene rings is 1. The summed E-state index contributed by atoms with van der Waals surface area (Å²) in [6.07, 6.45) is -0.355. The van der Waals surface area contributed by atoms with Crippen LogP contribution in [0.5, 0.6) is 0 Å². The van der Waals surface area contributed by atoms with Gasteiger partial charge in [0.2, 0.25) is 0 Å². The topological polar surface area (TPSA) is 105 Å². The molecule has 1 aliphatic heterocycles. The first-order chi connectivity index (χ1) is 11.2. The van der Waals surface area contributed by atoms with Gasteiger partial charge in [-0.25, -0.2) is 9.59 Å². The molecule has 3 rings (SSSR count). The average molecular weight is 333 g/mol. The first-order valence-electron chi connectivity index (χ1n) is 7.60. The first kappa shape index (κ1) is 16.1. The predicted octanol–water partition coefficient (Wildman–Crippen LogP) is 2.56. The second kappa shape index (κ2) is 5.70. The largest absolute Gasteiger partial charge is 0.478 e. The molecule has 1 saturated heterocycles. The number of para-hydroxylation sites is 1. The molecule has 0 unspecified atom stereocenters. The number of carbonyl (C=O) groups excluding carboxylic acids is 1. The van der Waals surface area contributed by atoms with Gasteiger partial charge in [-0.2, -0.15) is 4.98 Å². The van der Waals surface area contributed by atoms with E-state index in [0.29, 0.717) is 24.2 Å². The summed E-state index contributed by atoms with van der Waals surface area (Å²) in [6.45, 7) is 6.40. The van der Waals surface area contributed by atoms with Crippen LogP contribution in [0.3, 0.4) is 0 Å². The number of aromatic carboxylic acids is 1. The summed E-state index contributed by atoms with van der Waals surface area (Å²) in [5.41, 5.74) is 0.271. The van der Waals surface area contributed by atoms with Crippen molar-refractivity contribution < 1.29 is 23.8 Å². The fraction of sp³-hybridized carbons (Fsp3) is 0.438.